The smallest absolute Gasteiger partial charge is 0.243 e. The van der Waals surface area contributed by atoms with Gasteiger partial charge in [0.15, 0.2) is 0 Å². The molecule has 1 aromatic carbocycles. The molecule has 1 amide bonds. The number of carbonyl (C=O) groups is 1. The lowest BCUT2D eigenvalue weighted by atomic mass is 10.3. The number of methoxy groups -OCH3 is 2. The Hall–Kier alpha value is -2.06. The van der Waals surface area contributed by atoms with Crippen LogP contribution in [0.25, 0.3) is 0 Å². The summed E-state index contributed by atoms with van der Waals surface area (Å²) in [5, 5.41) is 2.65. The minimum atomic E-state index is -0.727. The van der Waals surface area contributed by atoms with E-state index in [2.05, 4.69) is 10.3 Å². The fourth-order valence-corrected chi connectivity index (χ4v) is 1.77. The maximum atomic E-state index is 11.8. The number of carbonyl (C=O) groups excluding carboxylic acids is 1. The number of aromatic nitrogens is 1. The summed E-state index contributed by atoms with van der Waals surface area (Å²) in [6.45, 7) is 0.151. The minimum absolute atomic E-state index is 0. The zero-order valence-corrected chi connectivity index (χ0v) is 15.4. The molecule has 0 aliphatic heterocycles. The molecule has 7 nitrogen and oxygen atoms in total. The fourth-order valence-electron chi connectivity index (χ4n) is 1.77. The SMILES string of the molecule is COCC(N)C(=O)Nc1ccc(Oc2ccc(OC)cc2)nc1.Cl.Cl. The number of amides is 1. The lowest BCUT2D eigenvalue weighted by molar-refractivity contribution is -0.118. The highest BCUT2D eigenvalue weighted by Crippen LogP contribution is 2.23. The van der Waals surface area contributed by atoms with Crippen molar-refractivity contribution >= 4 is 36.4 Å². The predicted octanol–water partition coefficient (Wildman–Crippen LogP) is 2.64. The van der Waals surface area contributed by atoms with E-state index in [1.807, 2.05) is 0 Å². The highest BCUT2D eigenvalue weighted by Gasteiger charge is 2.13. The summed E-state index contributed by atoms with van der Waals surface area (Å²) in [6.07, 6.45) is 1.50. The topological polar surface area (TPSA) is 95.7 Å². The molecule has 0 saturated carbocycles. The van der Waals surface area contributed by atoms with Gasteiger partial charge in [0.1, 0.15) is 17.5 Å². The van der Waals surface area contributed by atoms with Crippen LogP contribution in [0.4, 0.5) is 5.69 Å². The summed E-state index contributed by atoms with van der Waals surface area (Å²) >= 11 is 0. The number of hydrogen-bond donors (Lipinski definition) is 2. The molecular weight excluding hydrogens is 369 g/mol. The van der Waals surface area contributed by atoms with Crippen molar-refractivity contribution in [2.75, 3.05) is 26.1 Å². The Bertz CT molecular complexity index is 639. The average Bonchev–Trinajstić information content (AvgIpc) is 2.57. The third-order valence-electron chi connectivity index (χ3n) is 2.97. The van der Waals surface area contributed by atoms with Gasteiger partial charge in [-0.1, -0.05) is 0 Å². The van der Waals surface area contributed by atoms with E-state index < -0.39 is 6.04 Å². The number of nitrogens with one attached hydrogen (secondary N) is 1. The molecule has 2 aromatic rings. The van der Waals surface area contributed by atoms with Crippen LogP contribution in [-0.4, -0.2) is 37.8 Å². The summed E-state index contributed by atoms with van der Waals surface area (Å²) in [5.74, 6) is 1.46. The Labute approximate surface area is 158 Å². The average molecular weight is 390 g/mol. The molecule has 0 aliphatic carbocycles. The third kappa shape index (κ3) is 7.15. The largest absolute Gasteiger partial charge is 0.497 e. The van der Waals surface area contributed by atoms with Crippen molar-refractivity contribution in [3.63, 3.8) is 0 Å². The second kappa shape index (κ2) is 11.5. The Morgan fingerprint density at radius 1 is 1.12 bits per heavy atom. The summed E-state index contributed by atoms with van der Waals surface area (Å²) in [4.78, 5) is 15.9. The van der Waals surface area contributed by atoms with Gasteiger partial charge in [-0.25, -0.2) is 4.98 Å². The van der Waals surface area contributed by atoms with Crippen molar-refractivity contribution in [3.8, 4) is 17.4 Å². The van der Waals surface area contributed by atoms with Gasteiger partial charge in [-0.15, -0.1) is 24.8 Å². The van der Waals surface area contributed by atoms with E-state index in [0.717, 1.165) is 5.75 Å². The predicted molar refractivity (Wildman–Crippen MR) is 100 cm³/mol. The van der Waals surface area contributed by atoms with Crippen LogP contribution in [0, 0.1) is 0 Å². The van der Waals surface area contributed by atoms with Crippen molar-refractivity contribution < 1.29 is 19.0 Å². The number of halogens is 2. The number of benzene rings is 1. The van der Waals surface area contributed by atoms with Gasteiger partial charge >= 0.3 is 0 Å². The van der Waals surface area contributed by atoms with Gasteiger partial charge in [0.2, 0.25) is 11.8 Å². The third-order valence-corrected chi connectivity index (χ3v) is 2.97. The maximum absolute atomic E-state index is 11.8. The van der Waals surface area contributed by atoms with Crippen LogP contribution in [0.5, 0.6) is 17.4 Å². The number of nitrogens with zero attached hydrogens (tertiary/aromatic N) is 1. The van der Waals surface area contributed by atoms with E-state index in [1.165, 1.54) is 13.3 Å². The van der Waals surface area contributed by atoms with Gasteiger partial charge in [0.05, 0.1) is 25.6 Å². The van der Waals surface area contributed by atoms with E-state index in [-0.39, 0.29) is 37.3 Å². The first-order chi connectivity index (χ1) is 11.1. The summed E-state index contributed by atoms with van der Waals surface area (Å²) in [5.41, 5.74) is 6.17. The van der Waals surface area contributed by atoms with Crippen LogP contribution in [0.2, 0.25) is 0 Å². The Balaban J connectivity index is 0.00000288. The molecule has 25 heavy (non-hydrogen) atoms. The lowest BCUT2D eigenvalue weighted by Gasteiger charge is -2.11. The Morgan fingerprint density at radius 3 is 2.28 bits per heavy atom. The first-order valence-corrected chi connectivity index (χ1v) is 6.95. The van der Waals surface area contributed by atoms with Crippen LogP contribution < -0.4 is 20.5 Å². The molecule has 138 valence electrons. The van der Waals surface area contributed by atoms with Crippen molar-refractivity contribution in [2.24, 2.45) is 5.73 Å². The van der Waals surface area contributed by atoms with Crippen molar-refractivity contribution in [3.05, 3.63) is 42.6 Å². The molecule has 1 unspecified atom stereocenters. The summed E-state index contributed by atoms with van der Waals surface area (Å²) < 4.78 is 15.5. The molecule has 0 spiro atoms. The summed E-state index contributed by atoms with van der Waals surface area (Å²) in [7, 11) is 3.09. The monoisotopic (exact) mass is 389 g/mol. The maximum Gasteiger partial charge on any atom is 0.243 e. The molecule has 1 aromatic heterocycles. The molecule has 3 N–H and O–H groups in total. The molecule has 0 aliphatic rings. The van der Waals surface area contributed by atoms with Crippen molar-refractivity contribution in [1.29, 1.82) is 0 Å². The van der Waals surface area contributed by atoms with E-state index in [4.69, 9.17) is 19.9 Å². The van der Waals surface area contributed by atoms with Crippen LogP contribution >= 0.6 is 24.8 Å². The Kier molecular flexibility index (Phi) is 10.5. The molecule has 2 rings (SSSR count). The van der Waals surface area contributed by atoms with E-state index in [0.29, 0.717) is 17.3 Å². The Morgan fingerprint density at radius 2 is 1.76 bits per heavy atom. The van der Waals surface area contributed by atoms with Crippen molar-refractivity contribution in [1.82, 2.24) is 4.98 Å². The number of hydrogen-bond acceptors (Lipinski definition) is 6. The van der Waals surface area contributed by atoms with Crippen molar-refractivity contribution in [2.45, 2.75) is 6.04 Å². The zero-order chi connectivity index (χ0) is 16.7. The zero-order valence-electron chi connectivity index (χ0n) is 13.8. The number of nitrogens with two attached hydrogens (primary N) is 1. The second-order valence-electron chi connectivity index (χ2n) is 4.71. The highest BCUT2D eigenvalue weighted by atomic mass is 35.5. The first-order valence-electron chi connectivity index (χ1n) is 6.95. The molecule has 0 saturated heterocycles. The van der Waals surface area contributed by atoms with Crippen LogP contribution in [0.1, 0.15) is 0 Å². The van der Waals surface area contributed by atoms with E-state index in [1.54, 1.807) is 43.5 Å². The van der Waals surface area contributed by atoms with E-state index >= 15 is 0 Å². The lowest BCUT2D eigenvalue weighted by Crippen LogP contribution is -2.39. The van der Waals surface area contributed by atoms with Gasteiger partial charge in [0.25, 0.3) is 0 Å². The molecule has 0 bridgehead atoms. The van der Waals surface area contributed by atoms with Gasteiger partial charge in [-0.05, 0) is 30.3 Å². The first kappa shape index (κ1) is 22.9. The second-order valence-corrected chi connectivity index (χ2v) is 4.71. The molecule has 0 radical (unpaired) electrons. The van der Waals surface area contributed by atoms with Gasteiger partial charge in [0, 0.05) is 13.2 Å². The van der Waals surface area contributed by atoms with Crippen LogP contribution in [0.15, 0.2) is 42.6 Å². The van der Waals surface area contributed by atoms with Crippen LogP contribution in [-0.2, 0) is 9.53 Å². The standard InChI is InChI=1S/C16H19N3O4.2ClH/c1-21-10-14(17)16(20)19-11-3-8-15(18-9-11)23-13-6-4-12(22-2)5-7-13;;/h3-9,14H,10,17H2,1-2H3,(H,19,20);2*1H. The molecule has 0 fully saturated rings. The van der Waals surface area contributed by atoms with Gasteiger partial charge < -0.3 is 25.3 Å². The van der Waals surface area contributed by atoms with Gasteiger partial charge in [-0.2, -0.15) is 0 Å². The number of rotatable bonds is 7. The number of anilines is 1. The van der Waals surface area contributed by atoms with E-state index in [9.17, 15) is 4.79 Å². The van der Waals surface area contributed by atoms with Crippen LogP contribution in [0.3, 0.4) is 0 Å². The fraction of sp³-hybridized carbons (Fsp3) is 0.250. The summed E-state index contributed by atoms with van der Waals surface area (Å²) in [6, 6.07) is 9.75. The number of ether oxygens (including phenoxy) is 3. The van der Waals surface area contributed by atoms with Gasteiger partial charge in [-0.3, -0.25) is 4.79 Å². The normalized spacial score (nSPS) is 10.7. The quantitative estimate of drug-likeness (QED) is 0.755. The molecule has 9 heteroatoms. The number of pyridine rings is 1. The molecular formula is C16H21Cl2N3O4. The minimum Gasteiger partial charge on any atom is -0.497 e. The highest BCUT2D eigenvalue weighted by molar-refractivity contribution is 5.94. The molecule has 1 atom stereocenters. The molecule has 1 heterocycles.